The van der Waals surface area contributed by atoms with E-state index in [4.69, 9.17) is 4.74 Å². The molecule has 0 bridgehead atoms. The molecule has 0 fully saturated rings. The molecule has 180 valence electrons. The zero-order valence-electron chi connectivity index (χ0n) is 19.7. The fraction of sp³-hybridized carbons (Fsp3) is 0.222. The first-order chi connectivity index (χ1) is 16.8. The third-order valence-electron chi connectivity index (χ3n) is 5.95. The molecule has 0 saturated carbocycles. The standard InChI is InChI=1S/C27H26FN3O4/c1-16(2)24(26(33)35-3)31-15-19-14-18(10-13-21(19)25(31)32)17-8-11-20(12-9-17)29-27(34)30-23-7-5-4-6-22(23)28/h4-14,16,24H,15H2,1-3H3,(H2,29,30,34)/t24-/m0/s1. The van der Waals surface area contributed by atoms with Gasteiger partial charge in [0.25, 0.3) is 5.91 Å². The Bertz CT molecular complexity index is 1270. The van der Waals surface area contributed by atoms with E-state index < -0.39 is 23.9 Å². The van der Waals surface area contributed by atoms with Gasteiger partial charge in [-0.25, -0.2) is 14.0 Å². The van der Waals surface area contributed by atoms with Gasteiger partial charge in [-0.3, -0.25) is 4.79 Å². The summed E-state index contributed by atoms with van der Waals surface area (Å²) in [6.45, 7) is 4.10. The maximum Gasteiger partial charge on any atom is 0.328 e. The van der Waals surface area contributed by atoms with Crippen LogP contribution in [0.3, 0.4) is 0 Å². The van der Waals surface area contributed by atoms with Crippen molar-refractivity contribution in [2.45, 2.75) is 26.4 Å². The van der Waals surface area contributed by atoms with Crippen molar-refractivity contribution in [2.24, 2.45) is 5.92 Å². The van der Waals surface area contributed by atoms with Crippen molar-refractivity contribution >= 4 is 29.3 Å². The van der Waals surface area contributed by atoms with Gasteiger partial charge in [-0.2, -0.15) is 0 Å². The number of carbonyl (C=O) groups excluding carboxylic acids is 3. The second-order valence-corrected chi connectivity index (χ2v) is 8.65. The second-order valence-electron chi connectivity index (χ2n) is 8.65. The summed E-state index contributed by atoms with van der Waals surface area (Å²) >= 11 is 0. The summed E-state index contributed by atoms with van der Waals surface area (Å²) in [6.07, 6.45) is 0. The van der Waals surface area contributed by atoms with Crippen LogP contribution in [0.4, 0.5) is 20.6 Å². The lowest BCUT2D eigenvalue weighted by molar-refractivity contribution is -0.147. The fourth-order valence-electron chi connectivity index (χ4n) is 4.22. The Morgan fingerprint density at radius 2 is 1.66 bits per heavy atom. The molecule has 0 radical (unpaired) electrons. The van der Waals surface area contributed by atoms with Crippen LogP contribution in [0.15, 0.2) is 66.7 Å². The number of methoxy groups -OCH3 is 1. The van der Waals surface area contributed by atoms with Gasteiger partial charge in [0, 0.05) is 17.8 Å². The Morgan fingerprint density at radius 3 is 2.31 bits per heavy atom. The number of carbonyl (C=O) groups is 3. The number of amides is 3. The van der Waals surface area contributed by atoms with Crippen LogP contribution in [0, 0.1) is 11.7 Å². The molecule has 1 aliphatic heterocycles. The number of benzene rings is 3. The molecular weight excluding hydrogens is 449 g/mol. The first-order valence-electron chi connectivity index (χ1n) is 11.2. The topological polar surface area (TPSA) is 87.7 Å². The molecule has 1 aliphatic rings. The van der Waals surface area contributed by atoms with Crippen molar-refractivity contribution in [1.82, 2.24) is 4.90 Å². The molecular formula is C27H26FN3O4. The average molecular weight is 476 g/mol. The van der Waals surface area contributed by atoms with E-state index in [-0.39, 0.29) is 17.5 Å². The summed E-state index contributed by atoms with van der Waals surface area (Å²) in [5.41, 5.74) is 3.85. The number of nitrogens with one attached hydrogen (secondary N) is 2. The summed E-state index contributed by atoms with van der Waals surface area (Å²) in [4.78, 5) is 39.0. The molecule has 0 spiro atoms. The lowest BCUT2D eigenvalue weighted by Gasteiger charge is -2.28. The van der Waals surface area contributed by atoms with Crippen LogP contribution >= 0.6 is 0 Å². The van der Waals surface area contributed by atoms with Gasteiger partial charge in [-0.15, -0.1) is 0 Å². The van der Waals surface area contributed by atoms with Gasteiger partial charge in [0.15, 0.2) is 0 Å². The molecule has 0 aromatic heterocycles. The van der Waals surface area contributed by atoms with E-state index in [1.165, 1.54) is 19.2 Å². The molecule has 35 heavy (non-hydrogen) atoms. The van der Waals surface area contributed by atoms with Gasteiger partial charge in [-0.05, 0) is 59.0 Å². The van der Waals surface area contributed by atoms with Crippen molar-refractivity contribution < 1.29 is 23.5 Å². The zero-order valence-corrected chi connectivity index (χ0v) is 19.7. The van der Waals surface area contributed by atoms with Crippen LogP contribution in [-0.2, 0) is 16.1 Å². The number of ether oxygens (including phenoxy) is 1. The number of halogens is 1. The Labute approximate surface area is 202 Å². The molecule has 0 unspecified atom stereocenters. The summed E-state index contributed by atoms with van der Waals surface area (Å²) in [7, 11) is 1.33. The minimum Gasteiger partial charge on any atom is -0.467 e. The minimum absolute atomic E-state index is 0.0872. The smallest absolute Gasteiger partial charge is 0.328 e. The Kier molecular flexibility index (Phi) is 6.82. The van der Waals surface area contributed by atoms with E-state index in [9.17, 15) is 18.8 Å². The molecule has 8 heteroatoms. The number of para-hydroxylation sites is 1. The van der Waals surface area contributed by atoms with Crippen molar-refractivity contribution in [2.75, 3.05) is 17.7 Å². The highest BCUT2D eigenvalue weighted by molar-refractivity contribution is 6.01. The number of nitrogens with zero attached hydrogens (tertiary/aromatic N) is 1. The van der Waals surface area contributed by atoms with Gasteiger partial charge >= 0.3 is 12.0 Å². The molecule has 0 aliphatic carbocycles. The normalized spacial score (nSPS) is 13.4. The quantitative estimate of drug-likeness (QED) is 0.474. The maximum atomic E-state index is 13.7. The van der Waals surface area contributed by atoms with Crippen LogP contribution in [0.1, 0.15) is 29.8 Å². The molecule has 3 aromatic rings. The second kappa shape index (κ2) is 9.97. The lowest BCUT2D eigenvalue weighted by atomic mass is 10.0. The number of esters is 1. The summed E-state index contributed by atoms with van der Waals surface area (Å²) in [6, 6.07) is 17.5. The third-order valence-corrected chi connectivity index (χ3v) is 5.95. The number of hydrogen-bond acceptors (Lipinski definition) is 4. The number of hydrogen-bond donors (Lipinski definition) is 2. The zero-order chi connectivity index (χ0) is 25.1. The minimum atomic E-state index is -0.649. The van der Waals surface area contributed by atoms with E-state index in [0.29, 0.717) is 17.8 Å². The van der Waals surface area contributed by atoms with E-state index in [1.54, 1.807) is 35.2 Å². The Balaban J connectivity index is 1.47. The van der Waals surface area contributed by atoms with Gasteiger partial charge in [0.05, 0.1) is 12.8 Å². The highest BCUT2D eigenvalue weighted by atomic mass is 19.1. The monoisotopic (exact) mass is 475 g/mol. The maximum absolute atomic E-state index is 13.7. The highest BCUT2D eigenvalue weighted by Crippen LogP contribution is 2.32. The van der Waals surface area contributed by atoms with Crippen LogP contribution in [0.25, 0.3) is 11.1 Å². The van der Waals surface area contributed by atoms with Crippen LogP contribution in [-0.4, -0.2) is 36.0 Å². The summed E-state index contributed by atoms with van der Waals surface area (Å²) in [5.74, 6) is -1.21. The van der Waals surface area contributed by atoms with E-state index in [2.05, 4.69) is 10.6 Å². The molecule has 3 aromatic carbocycles. The van der Waals surface area contributed by atoms with Crippen molar-refractivity contribution in [3.8, 4) is 11.1 Å². The van der Waals surface area contributed by atoms with Gasteiger partial charge in [-0.1, -0.05) is 44.2 Å². The van der Waals surface area contributed by atoms with Gasteiger partial charge in [0.1, 0.15) is 11.9 Å². The highest BCUT2D eigenvalue weighted by Gasteiger charge is 2.38. The van der Waals surface area contributed by atoms with E-state index >= 15 is 0 Å². The third kappa shape index (κ3) is 5.01. The SMILES string of the molecule is COC(=O)[C@H](C(C)C)N1Cc2cc(-c3ccc(NC(=O)Nc4ccccc4F)cc3)ccc2C1=O. The molecule has 1 heterocycles. The first kappa shape index (κ1) is 23.9. The van der Waals surface area contributed by atoms with Crippen molar-refractivity contribution in [1.29, 1.82) is 0 Å². The molecule has 7 nitrogen and oxygen atoms in total. The molecule has 2 N–H and O–H groups in total. The van der Waals surface area contributed by atoms with Crippen molar-refractivity contribution in [3.05, 3.63) is 83.7 Å². The Hall–Kier alpha value is -4.20. The summed E-state index contributed by atoms with van der Waals surface area (Å²) in [5, 5.41) is 5.15. The predicted molar refractivity (Wildman–Crippen MR) is 131 cm³/mol. The Morgan fingerprint density at radius 1 is 0.971 bits per heavy atom. The summed E-state index contributed by atoms with van der Waals surface area (Å²) < 4.78 is 18.6. The van der Waals surface area contributed by atoms with Crippen molar-refractivity contribution in [3.63, 3.8) is 0 Å². The molecule has 3 amide bonds. The number of rotatable bonds is 6. The van der Waals surface area contributed by atoms with E-state index in [1.807, 2.05) is 38.1 Å². The van der Waals surface area contributed by atoms with Crippen LogP contribution in [0.2, 0.25) is 0 Å². The van der Waals surface area contributed by atoms with Crippen LogP contribution in [0.5, 0.6) is 0 Å². The predicted octanol–water partition coefficient (Wildman–Crippen LogP) is 5.29. The van der Waals surface area contributed by atoms with Gasteiger partial charge in [0.2, 0.25) is 0 Å². The molecule has 4 rings (SSSR count). The number of anilines is 2. The number of fused-ring (bicyclic) bond motifs is 1. The lowest BCUT2D eigenvalue weighted by Crippen LogP contribution is -2.45. The number of urea groups is 1. The molecule has 1 atom stereocenters. The fourth-order valence-corrected chi connectivity index (χ4v) is 4.22. The van der Waals surface area contributed by atoms with Crippen LogP contribution < -0.4 is 10.6 Å². The van der Waals surface area contributed by atoms with E-state index in [0.717, 1.165) is 16.7 Å². The first-order valence-corrected chi connectivity index (χ1v) is 11.2. The largest absolute Gasteiger partial charge is 0.467 e. The molecule has 0 saturated heterocycles. The van der Waals surface area contributed by atoms with Gasteiger partial charge < -0.3 is 20.3 Å². The average Bonchev–Trinajstić information content (AvgIpc) is 3.16.